The maximum Gasteiger partial charge on any atom is 0.269 e. The first-order chi connectivity index (χ1) is 12.1. The number of aromatic amines is 1. The minimum Gasteiger partial charge on any atom is -0.497 e. The highest BCUT2D eigenvalue weighted by Gasteiger charge is 2.15. The zero-order chi connectivity index (χ0) is 17.8. The normalized spacial score (nSPS) is 11.9. The number of nitro groups is 1. The Kier molecular flexibility index (Phi) is 4.99. The summed E-state index contributed by atoms with van der Waals surface area (Å²) in [6.07, 6.45) is 0. The predicted molar refractivity (Wildman–Crippen MR) is 95.7 cm³/mol. The van der Waals surface area contributed by atoms with E-state index in [4.69, 9.17) is 4.74 Å². The van der Waals surface area contributed by atoms with Crippen LogP contribution in [0.15, 0.2) is 53.7 Å². The van der Waals surface area contributed by atoms with Gasteiger partial charge in [0.15, 0.2) is 5.82 Å². The Labute approximate surface area is 148 Å². The van der Waals surface area contributed by atoms with Gasteiger partial charge in [0, 0.05) is 22.9 Å². The molecule has 0 radical (unpaired) electrons. The summed E-state index contributed by atoms with van der Waals surface area (Å²) in [5, 5.41) is 18.6. The van der Waals surface area contributed by atoms with E-state index >= 15 is 0 Å². The van der Waals surface area contributed by atoms with Gasteiger partial charge >= 0.3 is 0 Å². The van der Waals surface area contributed by atoms with Gasteiger partial charge in [-0.1, -0.05) is 23.9 Å². The van der Waals surface area contributed by atoms with E-state index in [1.165, 1.54) is 17.8 Å². The van der Waals surface area contributed by atoms with Crippen molar-refractivity contribution in [1.29, 1.82) is 0 Å². The Morgan fingerprint density at radius 1 is 1.24 bits per heavy atom. The zero-order valence-corrected chi connectivity index (χ0v) is 14.5. The third-order valence-electron chi connectivity index (χ3n) is 3.66. The largest absolute Gasteiger partial charge is 0.497 e. The molecule has 0 saturated carbocycles. The average Bonchev–Trinajstić information content (AvgIpc) is 3.10. The van der Waals surface area contributed by atoms with Crippen LogP contribution in [0.25, 0.3) is 11.4 Å². The molecule has 0 spiro atoms. The van der Waals surface area contributed by atoms with Crippen LogP contribution in [0.2, 0.25) is 0 Å². The van der Waals surface area contributed by atoms with Crippen LogP contribution in [-0.4, -0.2) is 27.2 Å². The molecule has 0 fully saturated rings. The fourth-order valence-electron chi connectivity index (χ4n) is 2.29. The highest BCUT2D eigenvalue weighted by atomic mass is 32.2. The van der Waals surface area contributed by atoms with Crippen molar-refractivity contribution in [3.05, 3.63) is 64.2 Å². The summed E-state index contributed by atoms with van der Waals surface area (Å²) in [5.74, 6) is 1.44. The number of benzene rings is 2. The molecule has 3 aromatic rings. The molecule has 2 aromatic carbocycles. The first kappa shape index (κ1) is 17.0. The summed E-state index contributed by atoms with van der Waals surface area (Å²) in [6.45, 7) is 1.97. The molecular formula is C17H16N4O3S. The number of nitrogens with zero attached hydrogens (tertiary/aromatic N) is 3. The molecule has 0 aliphatic heterocycles. The molecule has 128 valence electrons. The lowest BCUT2D eigenvalue weighted by atomic mass is 10.1. The molecule has 0 bridgehead atoms. The van der Waals surface area contributed by atoms with Gasteiger partial charge in [0.25, 0.3) is 5.69 Å². The summed E-state index contributed by atoms with van der Waals surface area (Å²) in [6, 6.07) is 14.1. The van der Waals surface area contributed by atoms with E-state index in [1.807, 2.05) is 37.3 Å². The summed E-state index contributed by atoms with van der Waals surface area (Å²) in [5.41, 5.74) is 1.84. The lowest BCUT2D eigenvalue weighted by Gasteiger charge is -2.08. The van der Waals surface area contributed by atoms with Gasteiger partial charge in [-0.2, -0.15) is 0 Å². The van der Waals surface area contributed by atoms with Gasteiger partial charge in [0.1, 0.15) is 5.75 Å². The van der Waals surface area contributed by atoms with Crippen molar-refractivity contribution in [2.24, 2.45) is 0 Å². The third-order valence-corrected chi connectivity index (χ3v) is 4.68. The van der Waals surface area contributed by atoms with Crippen molar-refractivity contribution in [3.8, 4) is 17.1 Å². The molecule has 8 heteroatoms. The number of H-pyrrole nitrogens is 1. The Balaban J connectivity index is 1.74. The van der Waals surface area contributed by atoms with Crippen LogP contribution < -0.4 is 4.74 Å². The van der Waals surface area contributed by atoms with Crippen LogP contribution in [0.3, 0.4) is 0 Å². The van der Waals surface area contributed by atoms with Gasteiger partial charge in [-0.05, 0) is 36.8 Å². The van der Waals surface area contributed by atoms with Gasteiger partial charge in [-0.3, -0.25) is 15.2 Å². The van der Waals surface area contributed by atoms with Gasteiger partial charge in [-0.25, -0.2) is 4.98 Å². The molecule has 1 aromatic heterocycles. The van der Waals surface area contributed by atoms with Crippen molar-refractivity contribution in [3.63, 3.8) is 0 Å². The second kappa shape index (κ2) is 7.35. The second-order valence-electron chi connectivity index (χ2n) is 5.31. The molecular weight excluding hydrogens is 340 g/mol. The minimum atomic E-state index is -0.393. The fourth-order valence-corrected chi connectivity index (χ4v) is 3.14. The highest BCUT2D eigenvalue weighted by molar-refractivity contribution is 7.99. The maximum atomic E-state index is 10.9. The van der Waals surface area contributed by atoms with E-state index in [9.17, 15) is 10.1 Å². The van der Waals surface area contributed by atoms with Crippen LogP contribution in [0.1, 0.15) is 17.7 Å². The van der Waals surface area contributed by atoms with E-state index in [0.29, 0.717) is 11.0 Å². The molecule has 7 nitrogen and oxygen atoms in total. The first-order valence-electron chi connectivity index (χ1n) is 7.54. The third kappa shape index (κ3) is 3.97. The molecule has 0 unspecified atom stereocenters. The topological polar surface area (TPSA) is 93.9 Å². The average molecular weight is 356 g/mol. The Morgan fingerprint density at radius 3 is 2.68 bits per heavy atom. The summed E-state index contributed by atoms with van der Waals surface area (Å²) < 4.78 is 5.14. The number of aromatic nitrogens is 3. The van der Waals surface area contributed by atoms with Gasteiger partial charge < -0.3 is 4.74 Å². The van der Waals surface area contributed by atoms with Crippen molar-refractivity contribution in [2.45, 2.75) is 17.3 Å². The molecule has 0 aliphatic rings. The number of rotatable bonds is 6. The van der Waals surface area contributed by atoms with Crippen molar-refractivity contribution in [1.82, 2.24) is 15.2 Å². The smallest absolute Gasteiger partial charge is 0.269 e. The van der Waals surface area contributed by atoms with E-state index < -0.39 is 4.92 Å². The molecule has 25 heavy (non-hydrogen) atoms. The van der Waals surface area contributed by atoms with E-state index in [1.54, 1.807) is 19.2 Å². The molecule has 0 saturated heterocycles. The van der Waals surface area contributed by atoms with Gasteiger partial charge in [-0.15, -0.1) is 5.10 Å². The quantitative estimate of drug-likeness (QED) is 0.403. The minimum absolute atomic E-state index is 0.0144. The summed E-state index contributed by atoms with van der Waals surface area (Å²) in [4.78, 5) is 15.0. The molecule has 1 N–H and O–H groups in total. The van der Waals surface area contributed by atoms with E-state index in [2.05, 4.69) is 15.2 Å². The van der Waals surface area contributed by atoms with Crippen molar-refractivity contribution in [2.75, 3.05) is 7.11 Å². The van der Waals surface area contributed by atoms with Crippen LogP contribution in [0.5, 0.6) is 5.75 Å². The summed E-state index contributed by atoms with van der Waals surface area (Å²) in [7, 11) is 1.62. The molecule has 1 atom stereocenters. The van der Waals surface area contributed by atoms with E-state index in [0.717, 1.165) is 16.9 Å². The standard InChI is InChI=1S/C17H16N4O3S/c1-11(13-4-3-5-14(10-13)21(22)23)25-17-18-16(19-20-17)12-6-8-15(24-2)9-7-12/h3-11H,1-2H3,(H,18,19,20)/t11-/m0/s1. The van der Waals surface area contributed by atoms with E-state index in [-0.39, 0.29) is 10.9 Å². The van der Waals surface area contributed by atoms with Crippen LogP contribution in [0.4, 0.5) is 5.69 Å². The Hall–Kier alpha value is -2.87. The number of nitro benzene ring substituents is 1. The lowest BCUT2D eigenvalue weighted by Crippen LogP contribution is -1.93. The molecule has 3 rings (SSSR count). The van der Waals surface area contributed by atoms with Crippen LogP contribution in [-0.2, 0) is 0 Å². The number of ether oxygens (including phenoxy) is 1. The van der Waals surface area contributed by atoms with Crippen molar-refractivity contribution < 1.29 is 9.66 Å². The van der Waals surface area contributed by atoms with Gasteiger partial charge in [0.05, 0.1) is 12.0 Å². The van der Waals surface area contributed by atoms with Crippen molar-refractivity contribution >= 4 is 17.4 Å². The SMILES string of the molecule is COc1ccc(-c2nc(S[C@@H](C)c3cccc([N+](=O)[O-])c3)n[nH]2)cc1. The monoisotopic (exact) mass is 356 g/mol. The number of thioether (sulfide) groups is 1. The second-order valence-corrected chi connectivity index (χ2v) is 6.62. The summed E-state index contributed by atoms with van der Waals surface area (Å²) >= 11 is 1.44. The number of methoxy groups -OCH3 is 1. The Morgan fingerprint density at radius 2 is 2.00 bits per heavy atom. The molecule has 0 amide bonds. The molecule has 1 heterocycles. The highest BCUT2D eigenvalue weighted by Crippen LogP contribution is 2.34. The lowest BCUT2D eigenvalue weighted by molar-refractivity contribution is -0.384. The van der Waals surface area contributed by atoms with Crippen LogP contribution >= 0.6 is 11.8 Å². The number of nitrogens with one attached hydrogen (secondary N) is 1. The predicted octanol–water partition coefficient (Wildman–Crippen LogP) is 4.24. The first-order valence-corrected chi connectivity index (χ1v) is 8.42. The number of hydrogen-bond donors (Lipinski definition) is 1. The number of hydrogen-bond acceptors (Lipinski definition) is 6. The van der Waals surface area contributed by atoms with Crippen LogP contribution in [0, 0.1) is 10.1 Å². The zero-order valence-electron chi connectivity index (χ0n) is 13.7. The molecule has 0 aliphatic carbocycles. The fraction of sp³-hybridized carbons (Fsp3) is 0.176. The number of non-ortho nitro benzene ring substituents is 1. The Bertz CT molecular complexity index is 880. The maximum absolute atomic E-state index is 10.9. The van der Waals surface area contributed by atoms with Gasteiger partial charge in [0.2, 0.25) is 5.16 Å².